The number of rotatable bonds is 4. The number of hydrogen-bond donors (Lipinski definition) is 1. The Bertz CT molecular complexity index is 841. The first kappa shape index (κ1) is 21.9. The highest BCUT2D eigenvalue weighted by Crippen LogP contribution is 2.20. The number of halogens is 2. The van der Waals surface area contributed by atoms with Gasteiger partial charge in [0.1, 0.15) is 5.82 Å². The van der Waals surface area contributed by atoms with Crippen LogP contribution in [0.5, 0.6) is 0 Å². The first-order valence-corrected chi connectivity index (χ1v) is 8.77. The van der Waals surface area contributed by atoms with Gasteiger partial charge in [-0.1, -0.05) is 30.3 Å². The molecule has 1 fully saturated rings. The van der Waals surface area contributed by atoms with Crippen molar-refractivity contribution in [3.05, 3.63) is 70.0 Å². The van der Waals surface area contributed by atoms with Crippen LogP contribution in [0.1, 0.15) is 5.56 Å². The second-order valence-corrected chi connectivity index (χ2v) is 6.21. The molecule has 9 heteroatoms. The van der Waals surface area contributed by atoms with Crippen LogP contribution in [0, 0.1) is 15.9 Å². The van der Waals surface area contributed by atoms with Crippen molar-refractivity contribution in [1.82, 2.24) is 10.2 Å². The van der Waals surface area contributed by atoms with Gasteiger partial charge in [-0.3, -0.25) is 15.1 Å². The second kappa shape index (κ2) is 10.2. The number of nitro groups is 1. The molecular weight excluding hydrogens is 476 g/mol. The smallest absolute Gasteiger partial charge is 0.274 e. The van der Waals surface area contributed by atoms with Gasteiger partial charge in [-0.2, -0.15) is 0 Å². The van der Waals surface area contributed by atoms with Gasteiger partial charge in [-0.05, 0) is 12.1 Å². The second-order valence-electron chi connectivity index (χ2n) is 6.21. The number of guanidine groups is 1. The lowest BCUT2D eigenvalue weighted by molar-refractivity contribution is -0.385. The Balaban J connectivity index is 0.00000280. The quantitative estimate of drug-likeness (QED) is 0.230. The number of benzene rings is 2. The van der Waals surface area contributed by atoms with Gasteiger partial charge < -0.3 is 15.1 Å². The van der Waals surface area contributed by atoms with E-state index >= 15 is 0 Å². The summed E-state index contributed by atoms with van der Waals surface area (Å²) in [5.74, 6) is 0.464. The van der Waals surface area contributed by atoms with Crippen molar-refractivity contribution in [2.45, 2.75) is 6.54 Å². The number of anilines is 1. The van der Waals surface area contributed by atoms with E-state index in [0.29, 0.717) is 49.9 Å². The molecule has 0 radical (unpaired) electrons. The van der Waals surface area contributed by atoms with Crippen molar-refractivity contribution in [1.29, 1.82) is 0 Å². The zero-order valence-corrected chi connectivity index (χ0v) is 17.9. The molecule has 1 aliphatic heterocycles. The molecule has 3 rings (SSSR count). The highest BCUT2D eigenvalue weighted by Gasteiger charge is 2.22. The number of nitrogens with one attached hydrogen (secondary N) is 1. The number of nitro benzene ring substituents is 1. The van der Waals surface area contributed by atoms with Crippen LogP contribution in [0.2, 0.25) is 0 Å². The van der Waals surface area contributed by atoms with E-state index in [1.807, 2.05) is 11.0 Å². The molecule has 28 heavy (non-hydrogen) atoms. The van der Waals surface area contributed by atoms with E-state index in [1.165, 1.54) is 12.1 Å². The average Bonchev–Trinajstić information content (AvgIpc) is 2.69. The summed E-state index contributed by atoms with van der Waals surface area (Å²) < 4.78 is 14.0. The van der Waals surface area contributed by atoms with E-state index < -0.39 is 0 Å². The third-order valence-electron chi connectivity index (χ3n) is 4.61. The summed E-state index contributed by atoms with van der Waals surface area (Å²) in [6.45, 7) is 3.04. The topological polar surface area (TPSA) is 74.0 Å². The van der Waals surface area contributed by atoms with Gasteiger partial charge in [0.05, 0.1) is 10.6 Å². The Labute approximate surface area is 180 Å². The minimum Gasteiger partial charge on any atom is -0.366 e. The fraction of sp³-hybridized carbons (Fsp3) is 0.316. The maximum absolute atomic E-state index is 14.0. The van der Waals surface area contributed by atoms with Crippen LogP contribution >= 0.6 is 24.0 Å². The molecule has 0 spiro atoms. The highest BCUT2D eigenvalue weighted by atomic mass is 127. The van der Waals surface area contributed by atoms with Crippen molar-refractivity contribution in [2.75, 3.05) is 38.1 Å². The molecule has 2 aromatic rings. The third kappa shape index (κ3) is 5.09. The molecule has 1 N–H and O–H groups in total. The Kier molecular flexibility index (Phi) is 7.97. The van der Waals surface area contributed by atoms with Gasteiger partial charge in [0.15, 0.2) is 5.96 Å². The van der Waals surface area contributed by atoms with Crippen molar-refractivity contribution >= 4 is 41.3 Å². The van der Waals surface area contributed by atoms with E-state index in [0.717, 1.165) is 0 Å². The molecule has 7 nitrogen and oxygen atoms in total. The lowest BCUT2D eigenvalue weighted by Crippen LogP contribution is -2.52. The number of hydrogen-bond acceptors (Lipinski definition) is 4. The fourth-order valence-corrected chi connectivity index (χ4v) is 3.21. The summed E-state index contributed by atoms with van der Waals surface area (Å²) >= 11 is 0. The SMILES string of the molecule is CN=C(NCc1ccccc1[N+](=O)[O-])N1CCN(c2ccccc2F)CC1.I. The normalized spacial score (nSPS) is 14.4. The Morgan fingerprint density at radius 2 is 1.79 bits per heavy atom. The predicted octanol–water partition coefficient (Wildman–Crippen LogP) is 3.25. The zero-order chi connectivity index (χ0) is 19.2. The van der Waals surface area contributed by atoms with E-state index in [2.05, 4.69) is 15.2 Å². The Morgan fingerprint density at radius 1 is 1.14 bits per heavy atom. The first-order chi connectivity index (χ1) is 13.1. The molecule has 0 saturated carbocycles. The number of aliphatic imine (C=N–C) groups is 1. The van der Waals surface area contributed by atoms with Crippen molar-refractivity contribution in [3.63, 3.8) is 0 Å². The maximum atomic E-state index is 14.0. The van der Waals surface area contributed by atoms with E-state index in [1.54, 1.807) is 37.4 Å². The van der Waals surface area contributed by atoms with Gasteiger partial charge in [0.25, 0.3) is 5.69 Å². The van der Waals surface area contributed by atoms with Crippen LogP contribution in [0.15, 0.2) is 53.5 Å². The van der Waals surface area contributed by atoms with E-state index in [9.17, 15) is 14.5 Å². The van der Waals surface area contributed by atoms with Crippen LogP contribution in [0.3, 0.4) is 0 Å². The Hall–Kier alpha value is -2.43. The van der Waals surface area contributed by atoms with Crippen molar-refractivity contribution < 1.29 is 9.31 Å². The lowest BCUT2D eigenvalue weighted by atomic mass is 10.2. The number of para-hydroxylation sites is 2. The van der Waals surface area contributed by atoms with Crippen molar-refractivity contribution in [3.8, 4) is 0 Å². The minimum atomic E-state index is -0.382. The molecule has 0 bridgehead atoms. The van der Waals surface area contributed by atoms with Crippen LogP contribution in [-0.4, -0.2) is 49.0 Å². The summed E-state index contributed by atoms with van der Waals surface area (Å²) in [4.78, 5) is 19.1. The van der Waals surface area contributed by atoms with Gasteiger partial charge in [0, 0.05) is 51.4 Å². The van der Waals surface area contributed by atoms with Crippen LogP contribution in [-0.2, 0) is 6.54 Å². The van der Waals surface area contributed by atoms with E-state index in [-0.39, 0.29) is 40.4 Å². The molecule has 150 valence electrons. The van der Waals surface area contributed by atoms with Gasteiger partial charge in [0.2, 0.25) is 0 Å². The largest absolute Gasteiger partial charge is 0.366 e. The van der Waals surface area contributed by atoms with Crippen molar-refractivity contribution in [2.24, 2.45) is 4.99 Å². The molecule has 2 aromatic carbocycles. The molecule has 0 aromatic heterocycles. The molecule has 1 aliphatic rings. The highest BCUT2D eigenvalue weighted by molar-refractivity contribution is 14.0. The number of piperazine rings is 1. The fourth-order valence-electron chi connectivity index (χ4n) is 3.21. The van der Waals surface area contributed by atoms with Crippen LogP contribution in [0.25, 0.3) is 0 Å². The summed E-state index contributed by atoms with van der Waals surface area (Å²) in [6.07, 6.45) is 0. The zero-order valence-electron chi connectivity index (χ0n) is 15.5. The number of nitrogens with zero attached hydrogens (tertiary/aromatic N) is 4. The molecule has 0 atom stereocenters. The van der Waals surface area contributed by atoms with E-state index in [4.69, 9.17) is 0 Å². The summed E-state index contributed by atoms with van der Waals surface area (Å²) in [5.41, 5.74) is 1.30. The van der Waals surface area contributed by atoms with Crippen LogP contribution < -0.4 is 10.2 Å². The molecule has 1 saturated heterocycles. The van der Waals surface area contributed by atoms with Gasteiger partial charge in [-0.25, -0.2) is 4.39 Å². The summed E-state index contributed by atoms with van der Waals surface area (Å²) in [5, 5.41) is 14.3. The average molecular weight is 499 g/mol. The van der Waals surface area contributed by atoms with Gasteiger partial charge in [-0.15, -0.1) is 24.0 Å². The molecule has 1 heterocycles. The van der Waals surface area contributed by atoms with Crippen LogP contribution in [0.4, 0.5) is 15.8 Å². The third-order valence-corrected chi connectivity index (χ3v) is 4.61. The maximum Gasteiger partial charge on any atom is 0.274 e. The predicted molar refractivity (Wildman–Crippen MR) is 119 cm³/mol. The lowest BCUT2D eigenvalue weighted by Gasteiger charge is -2.37. The summed E-state index contributed by atoms with van der Waals surface area (Å²) in [6, 6.07) is 13.4. The molecular formula is C19H23FIN5O2. The molecule has 0 unspecified atom stereocenters. The molecule has 0 aliphatic carbocycles. The molecule has 0 amide bonds. The van der Waals surface area contributed by atoms with Gasteiger partial charge >= 0.3 is 0 Å². The Morgan fingerprint density at radius 3 is 2.43 bits per heavy atom. The monoisotopic (exact) mass is 499 g/mol. The summed E-state index contributed by atoms with van der Waals surface area (Å²) in [7, 11) is 1.69. The first-order valence-electron chi connectivity index (χ1n) is 8.77. The minimum absolute atomic E-state index is 0. The standard InChI is InChI=1S/C19H22FN5O2.HI/c1-21-19(22-14-15-6-2-4-8-17(15)25(26)27)24-12-10-23(11-13-24)18-9-5-3-7-16(18)20;/h2-9H,10-14H2,1H3,(H,21,22);1H.